The summed E-state index contributed by atoms with van der Waals surface area (Å²) in [5.74, 6) is -0.685. The van der Waals surface area contributed by atoms with Gasteiger partial charge in [0.15, 0.2) is 0 Å². The van der Waals surface area contributed by atoms with E-state index in [1.54, 1.807) is 18.2 Å². The number of nitrogens with one attached hydrogen (secondary N) is 1. The summed E-state index contributed by atoms with van der Waals surface area (Å²) in [6, 6.07) is 8.81. The van der Waals surface area contributed by atoms with Gasteiger partial charge in [-0.3, -0.25) is 4.79 Å². The van der Waals surface area contributed by atoms with Crippen LogP contribution >= 0.6 is 0 Å². The molecule has 1 amide bonds. The average Bonchev–Trinajstić information content (AvgIpc) is 2.71. The van der Waals surface area contributed by atoms with Crippen LogP contribution in [0.4, 0.5) is 10.3 Å². The first-order valence-electron chi connectivity index (χ1n) is 8.32. The predicted octanol–water partition coefficient (Wildman–Crippen LogP) is 1.73. The van der Waals surface area contributed by atoms with E-state index in [1.165, 1.54) is 31.6 Å². The number of carbonyl (C=O) groups is 1. The van der Waals surface area contributed by atoms with Crippen molar-refractivity contribution in [2.75, 3.05) is 19.4 Å². The minimum atomic E-state index is -1.04. The third kappa shape index (κ3) is 4.57. The monoisotopic (exact) mass is 383 g/mol. The van der Waals surface area contributed by atoms with Crippen molar-refractivity contribution in [1.82, 2.24) is 20.3 Å². The molecule has 3 aromatic rings. The van der Waals surface area contributed by atoms with E-state index in [4.69, 9.17) is 10.5 Å². The number of methoxy groups -OCH3 is 1. The number of carbonyl (C=O) groups excluding carboxylic acids is 1. The lowest BCUT2D eigenvalue weighted by atomic mass is 10.0. The lowest BCUT2D eigenvalue weighted by Crippen LogP contribution is -2.28. The lowest BCUT2D eigenvalue weighted by molar-refractivity contribution is 0.0913. The number of ether oxygens (including phenoxy) is 1. The summed E-state index contributed by atoms with van der Waals surface area (Å²) in [5.41, 5.74) is 6.84. The van der Waals surface area contributed by atoms with Crippen molar-refractivity contribution in [3.05, 3.63) is 65.9 Å². The highest BCUT2D eigenvalue weighted by Crippen LogP contribution is 2.21. The maximum atomic E-state index is 14.0. The van der Waals surface area contributed by atoms with E-state index < -0.39 is 17.8 Å². The van der Waals surface area contributed by atoms with Crippen LogP contribution in [0, 0.1) is 5.82 Å². The molecule has 9 heteroatoms. The second kappa shape index (κ2) is 8.40. The third-order valence-corrected chi connectivity index (χ3v) is 3.92. The number of pyridine rings is 1. The molecule has 0 radical (unpaired) electrons. The van der Waals surface area contributed by atoms with E-state index >= 15 is 0 Å². The van der Waals surface area contributed by atoms with E-state index in [9.17, 15) is 14.3 Å². The summed E-state index contributed by atoms with van der Waals surface area (Å²) >= 11 is 0. The molecule has 3 rings (SSSR count). The molecule has 0 saturated carbocycles. The van der Waals surface area contributed by atoms with Gasteiger partial charge in [0.2, 0.25) is 11.8 Å². The zero-order valence-electron chi connectivity index (χ0n) is 15.0. The van der Waals surface area contributed by atoms with Crippen LogP contribution in [-0.4, -0.2) is 39.6 Å². The largest absolute Gasteiger partial charge is 0.481 e. The molecule has 0 saturated heterocycles. The Hall–Kier alpha value is -3.59. The van der Waals surface area contributed by atoms with Gasteiger partial charge in [-0.2, -0.15) is 0 Å². The topological polar surface area (TPSA) is 123 Å². The molecule has 144 valence electrons. The molecule has 4 N–H and O–H groups in total. The second-order valence-electron chi connectivity index (χ2n) is 5.89. The molecule has 0 spiro atoms. The van der Waals surface area contributed by atoms with Crippen molar-refractivity contribution in [1.29, 1.82) is 0 Å². The van der Waals surface area contributed by atoms with Crippen LogP contribution in [0.2, 0.25) is 0 Å². The Balaban J connectivity index is 1.72. The maximum absolute atomic E-state index is 14.0. The fourth-order valence-corrected chi connectivity index (χ4v) is 2.50. The van der Waals surface area contributed by atoms with E-state index in [2.05, 4.69) is 20.3 Å². The minimum absolute atomic E-state index is 0.0950. The van der Waals surface area contributed by atoms with Gasteiger partial charge in [-0.25, -0.2) is 19.3 Å². The molecular weight excluding hydrogens is 365 g/mol. The molecule has 0 fully saturated rings. The summed E-state index contributed by atoms with van der Waals surface area (Å²) < 4.78 is 19.0. The Bertz CT molecular complexity index is 982. The molecule has 1 aromatic carbocycles. The number of nitrogen functional groups attached to an aromatic ring is 1. The van der Waals surface area contributed by atoms with Crippen LogP contribution in [0.1, 0.15) is 22.2 Å². The average molecular weight is 383 g/mol. The molecule has 2 heterocycles. The van der Waals surface area contributed by atoms with Crippen LogP contribution in [0.5, 0.6) is 5.88 Å². The fraction of sp³-hybridized carbons (Fsp3) is 0.158. The predicted molar refractivity (Wildman–Crippen MR) is 99.9 cm³/mol. The van der Waals surface area contributed by atoms with E-state index in [1.807, 2.05) is 0 Å². The third-order valence-electron chi connectivity index (χ3n) is 3.92. The van der Waals surface area contributed by atoms with Crippen molar-refractivity contribution in [2.45, 2.75) is 6.10 Å². The quantitative estimate of drug-likeness (QED) is 0.592. The number of nitrogens with zero attached hydrogens (tertiary/aromatic N) is 3. The highest BCUT2D eigenvalue weighted by atomic mass is 19.1. The number of halogens is 1. The van der Waals surface area contributed by atoms with Crippen molar-refractivity contribution >= 4 is 11.9 Å². The molecule has 1 unspecified atom stereocenters. The van der Waals surface area contributed by atoms with Gasteiger partial charge < -0.3 is 20.9 Å². The highest BCUT2D eigenvalue weighted by Gasteiger charge is 2.14. The first-order chi connectivity index (χ1) is 13.5. The number of hydrogen-bond donors (Lipinski definition) is 3. The van der Waals surface area contributed by atoms with Gasteiger partial charge in [-0.05, 0) is 29.8 Å². The Labute approximate surface area is 160 Å². The van der Waals surface area contributed by atoms with Gasteiger partial charge in [-0.1, -0.05) is 6.07 Å². The summed E-state index contributed by atoms with van der Waals surface area (Å²) in [5, 5.41) is 12.8. The Morgan fingerprint density at radius 2 is 2.00 bits per heavy atom. The van der Waals surface area contributed by atoms with Crippen molar-refractivity contribution in [2.24, 2.45) is 0 Å². The van der Waals surface area contributed by atoms with Crippen LogP contribution in [0.15, 0.2) is 48.8 Å². The van der Waals surface area contributed by atoms with Gasteiger partial charge in [0.05, 0.1) is 12.8 Å². The van der Waals surface area contributed by atoms with Crippen LogP contribution in [0.3, 0.4) is 0 Å². The molecule has 0 aliphatic heterocycles. The van der Waals surface area contributed by atoms with Crippen molar-refractivity contribution < 1.29 is 19.0 Å². The first kappa shape index (κ1) is 19.2. The zero-order chi connectivity index (χ0) is 20.1. The molecule has 0 aliphatic carbocycles. The van der Waals surface area contributed by atoms with Crippen LogP contribution in [-0.2, 0) is 0 Å². The normalized spacial score (nSPS) is 11.7. The van der Waals surface area contributed by atoms with Gasteiger partial charge in [0.1, 0.15) is 11.9 Å². The summed E-state index contributed by atoms with van der Waals surface area (Å²) in [4.78, 5) is 24.2. The zero-order valence-corrected chi connectivity index (χ0v) is 15.0. The minimum Gasteiger partial charge on any atom is -0.481 e. The first-order valence-corrected chi connectivity index (χ1v) is 8.32. The summed E-state index contributed by atoms with van der Waals surface area (Å²) in [7, 11) is 1.47. The molecule has 28 heavy (non-hydrogen) atoms. The number of aromatic nitrogens is 3. The van der Waals surface area contributed by atoms with E-state index in [0.29, 0.717) is 22.7 Å². The Morgan fingerprint density at radius 1 is 1.25 bits per heavy atom. The lowest BCUT2D eigenvalue weighted by Gasteiger charge is -2.13. The van der Waals surface area contributed by atoms with Crippen LogP contribution in [0.25, 0.3) is 11.1 Å². The second-order valence-corrected chi connectivity index (χ2v) is 5.89. The van der Waals surface area contributed by atoms with Gasteiger partial charge >= 0.3 is 0 Å². The molecule has 2 aromatic heterocycles. The number of nitrogens with two attached hydrogens (primary N) is 1. The number of anilines is 1. The molecule has 0 bridgehead atoms. The molecule has 8 nitrogen and oxygen atoms in total. The SMILES string of the molecule is COc1cccc(C(O)CNC(=O)c2cc(F)cc(-c3cnc(N)nc3)c2)n1. The number of aliphatic hydroxyl groups is 1. The molecular formula is C19H18FN5O3. The number of hydrogen-bond acceptors (Lipinski definition) is 7. The Morgan fingerprint density at radius 3 is 2.71 bits per heavy atom. The van der Waals surface area contributed by atoms with Crippen LogP contribution < -0.4 is 15.8 Å². The molecule has 0 aliphatic rings. The number of amides is 1. The smallest absolute Gasteiger partial charge is 0.251 e. The summed E-state index contributed by atoms with van der Waals surface area (Å²) in [6.45, 7) is -0.101. The van der Waals surface area contributed by atoms with Gasteiger partial charge in [0, 0.05) is 36.1 Å². The van der Waals surface area contributed by atoms with E-state index in [-0.39, 0.29) is 18.1 Å². The Kier molecular flexibility index (Phi) is 5.75. The number of rotatable bonds is 6. The number of benzene rings is 1. The van der Waals surface area contributed by atoms with Crippen molar-refractivity contribution in [3.8, 4) is 17.0 Å². The van der Waals surface area contributed by atoms with E-state index in [0.717, 1.165) is 6.07 Å². The standard InChI is InChI=1S/C19H18FN5O3/c1-28-17-4-2-3-15(25-17)16(26)10-22-18(27)12-5-11(6-14(20)7-12)13-8-23-19(21)24-9-13/h2-9,16,26H,10H2,1H3,(H,22,27)(H2,21,23,24). The number of aliphatic hydroxyl groups excluding tert-OH is 1. The van der Waals surface area contributed by atoms with Gasteiger partial charge in [0.25, 0.3) is 5.91 Å². The van der Waals surface area contributed by atoms with Gasteiger partial charge in [-0.15, -0.1) is 0 Å². The highest BCUT2D eigenvalue weighted by molar-refractivity contribution is 5.95. The molecule has 1 atom stereocenters. The maximum Gasteiger partial charge on any atom is 0.251 e. The van der Waals surface area contributed by atoms with Crippen molar-refractivity contribution in [3.63, 3.8) is 0 Å². The fourth-order valence-electron chi connectivity index (χ4n) is 2.50. The summed E-state index contributed by atoms with van der Waals surface area (Å²) in [6.07, 6.45) is 1.84.